The van der Waals surface area contributed by atoms with Gasteiger partial charge in [0.1, 0.15) is 12.1 Å². The predicted octanol–water partition coefficient (Wildman–Crippen LogP) is 0.427. The van der Waals surface area contributed by atoms with Crippen LogP contribution in [0.5, 0.6) is 0 Å². The number of hydrogen-bond acceptors (Lipinski definition) is 5. The maximum Gasteiger partial charge on any atom is 0.323 e. The zero-order chi connectivity index (χ0) is 14.7. The van der Waals surface area contributed by atoms with Gasteiger partial charge in [-0.15, -0.1) is 5.10 Å². The number of nitrogens with zero attached hydrogens (tertiary/aromatic N) is 4. The Bertz CT molecular complexity index is 652. The molecule has 0 spiro atoms. The van der Waals surface area contributed by atoms with E-state index >= 15 is 0 Å². The van der Waals surface area contributed by atoms with E-state index in [2.05, 4.69) is 10.3 Å². The third kappa shape index (κ3) is 3.02. The normalized spacial score (nSPS) is 10.7. The summed E-state index contributed by atoms with van der Waals surface area (Å²) < 4.78 is 1.52. The standard InChI is InChI=1S/C12H14N4O4/c1-15(7-12(19)20)8-2-3-10-9(6-8)13-14-16(10)5-4-11(17)18/h2-3,6H,4-5,7H2,1H3,(H,17,18)(H,19,20). The summed E-state index contributed by atoms with van der Waals surface area (Å²) in [6.07, 6.45) is -0.0286. The van der Waals surface area contributed by atoms with Crippen LogP contribution in [0.4, 0.5) is 5.69 Å². The summed E-state index contributed by atoms with van der Waals surface area (Å²) in [5, 5.41) is 25.3. The van der Waals surface area contributed by atoms with E-state index in [1.54, 1.807) is 30.1 Å². The van der Waals surface area contributed by atoms with E-state index in [0.29, 0.717) is 11.2 Å². The molecule has 0 saturated heterocycles. The zero-order valence-electron chi connectivity index (χ0n) is 10.9. The van der Waals surface area contributed by atoms with Crippen LogP contribution in [0.3, 0.4) is 0 Å². The second-order valence-corrected chi connectivity index (χ2v) is 4.38. The highest BCUT2D eigenvalue weighted by molar-refractivity contribution is 5.81. The van der Waals surface area contributed by atoms with Gasteiger partial charge in [0.15, 0.2) is 0 Å². The lowest BCUT2D eigenvalue weighted by Gasteiger charge is -2.16. The molecular weight excluding hydrogens is 264 g/mol. The molecule has 2 aromatic rings. The quantitative estimate of drug-likeness (QED) is 0.788. The van der Waals surface area contributed by atoms with Crippen molar-refractivity contribution in [3.05, 3.63) is 18.2 Å². The molecule has 8 heteroatoms. The minimum absolute atomic E-state index is 0.0286. The molecule has 106 valence electrons. The lowest BCUT2D eigenvalue weighted by atomic mass is 10.2. The molecule has 2 N–H and O–H groups in total. The number of rotatable bonds is 6. The first kappa shape index (κ1) is 13.8. The van der Waals surface area contributed by atoms with Crippen molar-refractivity contribution < 1.29 is 19.8 Å². The third-order valence-electron chi connectivity index (χ3n) is 2.85. The summed E-state index contributed by atoms with van der Waals surface area (Å²) in [6, 6.07) is 5.24. The van der Waals surface area contributed by atoms with E-state index in [1.165, 1.54) is 4.68 Å². The van der Waals surface area contributed by atoms with Crippen LogP contribution in [0.1, 0.15) is 6.42 Å². The number of likely N-dealkylation sites (N-methyl/N-ethyl adjacent to an activating group) is 1. The number of hydrogen-bond donors (Lipinski definition) is 2. The predicted molar refractivity (Wildman–Crippen MR) is 70.7 cm³/mol. The minimum Gasteiger partial charge on any atom is -0.481 e. The smallest absolute Gasteiger partial charge is 0.323 e. The molecule has 0 unspecified atom stereocenters. The number of aryl methyl sites for hydroxylation is 1. The van der Waals surface area contributed by atoms with Gasteiger partial charge in [0.2, 0.25) is 0 Å². The highest BCUT2D eigenvalue weighted by atomic mass is 16.4. The van der Waals surface area contributed by atoms with Gasteiger partial charge in [0, 0.05) is 12.7 Å². The first-order valence-corrected chi connectivity index (χ1v) is 5.95. The van der Waals surface area contributed by atoms with Gasteiger partial charge in [0.25, 0.3) is 0 Å². The van der Waals surface area contributed by atoms with Crippen molar-refractivity contribution in [1.82, 2.24) is 15.0 Å². The van der Waals surface area contributed by atoms with Crippen LogP contribution in [0.15, 0.2) is 18.2 Å². The van der Waals surface area contributed by atoms with Gasteiger partial charge in [-0.05, 0) is 18.2 Å². The average Bonchev–Trinajstić information content (AvgIpc) is 2.77. The number of anilines is 1. The summed E-state index contributed by atoms with van der Waals surface area (Å²) in [7, 11) is 1.67. The van der Waals surface area contributed by atoms with Crippen LogP contribution < -0.4 is 4.90 Å². The summed E-state index contributed by atoms with van der Waals surface area (Å²) in [5.41, 5.74) is 2.04. The number of aliphatic carboxylic acids is 2. The number of benzene rings is 1. The molecule has 2 rings (SSSR count). The van der Waals surface area contributed by atoms with Gasteiger partial charge >= 0.3 is 11.9 Å². The van der Waals surface area contributed by atoms with Crippen LogP contribution >= 0.6 is 0 Å². The Kier molecular flexibility index (Phi) is 3.83. The molecule has 1 aromatic carbocycles. The zero-order valence-corrected chi connectivity index (χ0v) is 10.9. The molecule has 0 saturated carbocycles. The molecule has 8 nitrogen and oxygen atoms in total. The van der Waals surface area contributed by atoms with Crippen molar-refractivity contribution in [2.45, 2.75) is 13.0 Å². The maximum absolute atomic E-state index is 10.7. The van der Waals surface area contributed by atoms with E-state index in [-0.39, 0.29) is 19.5 Å². The van der Waals surface area contributed by atoms with E-state index in [9.17, 15) is 9.59 Å². The van der Waals surface area contributed by atoms with Gasteiger partial charge in [-0.3, -0.25) is 9.59 Å². The van der Waals surface area contributed by atoms with Crippen molar-refractivity contribution in [3.8, 4) is 0 Å². The fourth-order valence-corrected chi connectivity index (χ4v) is 1.86. The largest absolute Gasteiger partial charge is 0.481 e. The summed E-state index contributed by atoms with van der Waals surface area (Å²) in [6.45, 7) is 0.134. The van der Waals surface area contributed by atoms with Crippen molar-refractivity contribution in [1.29, 1.82) is 0 Å². The molecule has 0 atom stereocenters. The number of carboxylic acid groups (broad SMARTS) is 2. The lowest BCUT2D eigenvalue weighted by molar-refractivity contribution is -0.137. The Balaban J connectivity index is 2.23. The molecule has 0 bridgehead atoms. The van der Waals surface area contributed by atoms with Gasteiger partial charge in [-0.25, -0.2) is 4.68 Å². The number of aromatic nitrogens is 3. The molecule has 1 heterocycles. The highest BCUT2D eigenvalue weighted by Crippen LogP contribution is 2.19. The molecule has 0 radical (unpaired) electrons. The van der Waals surface area contributed by atoms with Crippen LogP contribution in [0.25, 0.3) is 11.0 Å². The fraction of sp³-hybridized carbons (Fsp3) is 0.333. The highest BCUT2D eigenvalue weighted by Gasteiger charge is 2.10. The van der Waals surface area contributed by atoms with Crippen molar-refractivity contribution >= 4 is 28.7 Å². The molecule has 0 fully saturated rings. The monoisotopic (exact) mass is 278 g/mol. The lowest BCUT2D eigenvalue weighted by Crippen LogP contribution is -2.24. The third-order valence-corrected chi connectivity index (χ3v) is 2.85. The molecule has 0 amide bonds. The Labute approximate surface area is 114 Å². The van der Waals surface area contributed by atoms with Crippen LogP contribution in [0, 0.1) is 0 Å². The Hall–Kier alpha value is -2.64. The first-order valence-electron chi connectivity index (χ1n) is 5.95. The SMILES string of the molecule is CN(CC(=O)O)c1ccc2c(c1)nnn2CCC(=O)O. The van der Waals surface area contributed by atoms with Gasteiger partial charge in [0.05, 0.1) is 18.5 Å². The van der Waals surface area contributed by atoms with Crippen LogP contribution in [-0.4, -0.2) is 50.7 Å². The molecule has 1 aromatic heterocycles. The van der Waals surface area contributed by atoms with E-state index in [4.69, 9.17) is 10.2 Å². The molecule has 0 aliphatic heterocycles. The minimum atomic E-state index is -0.919. The van der Waals surface area contributed by atoms with Crippen molar-refractivity contribution in [2.24, 2.45) is 0 Å². The van der Waals surface area contributed by atoms with Crippen molar-refractivity contribution in [2.75, 3.05) is 18.5 Å². The number of carboxylic acids is 2. The first-order chi connectivity index (χ1) is 9.47. The second-order valence-electron chi connectivity index (χ2n) is 4.38. The van der Waals surface area contributed by atoms with Crippen LogP contribution in [0.2, 0.25) is 0 Å². The molecule has 0 aliphatic carbocycles. The number of carbonyl (C=O) groups is 2. The van der Waals surface area contributed by atoms with Crippen LogP contribution in [-0.2, 0) is 16.1 Å². The second kappa shape index (κ2) is 5.55. The summed E-state index contributed by atoms with van der Waals surface area (Å²) >= 11 is 0. The summed E-state index contributed by atoms with van der Waals surface area (Å²) in [5.74, 6) is -1.82. The van der Waals surface area contributed by atoms with E-state index in [0.717, 1.165) is 5.52 Å². The topological polar surface area (TPSA) is 109 Å². The fourth-order valence-electron chi connectivity index (χ4n) is 1.86. The van der Waals surface area contributed by atoms with Gasteiger partial charge < -0.3 is 15.1 Å². The van der Waals surface area contributed by atoms with Gasteiger partial charge in [-0.2, -0.15) is 0 Å². The Morgan fingerprint density at radius 3 is 2.70 bits per heavy atom. The summed E-state index contributed by atoms with van der Waals surface area (Å²) in [4.78, 5) is 22.8. The Morgan fingerprint density at radius 2 is 2.05 bits per heavy atom. The number of fused-ring (bicyclic) bond motifs is 1. The Morgan fingerprint density at radius 1 is 1.30 bits per heavy atom. The maximum atomic E-state index is 10.7. The molecular formula is C12H14N4O4. The van der Waals surface area contributed by atoms with Gasteiger partial charge in [-0.1, -0.05) is 5.21 Å². The van der Waals surface area contributed by atoms with E-state index in [1.807, 2.05) is 0 Å². The molecule has 20 heavy (non-hydrogen) atoms. The van der Waals surface area contributed by atoms with E-state index < -0.39 is 11.9 Å². The average molecular weight is 278 g/mol. The van der Waals surface area contributed by atoms with Crippen molar-refractivity contribution in [3.63, 3.8) is 0 Å². The molecule has 0 aliphatic rings.